The zero-order valence-corrected chi connectivity index (χ0v) is 18.8. The number of para-hydroxylation sites is 1. The molecule has 6 nitrogen and oxygen atoms in total. The Morgan fingerprint density at radius 1 is 0.938 bits per heavy atom. The second kappa shape index (κ2) is 9.54. The maximum atomic E-state index is 13.6. The Morgan fingerprint density at radius 2 is 1.56 bits per heavy atom. The van der Waals surface area contributed by atoms with E-state index in [0.29, 0.717) is 25.2 Å². The van der Waals surface area contributed by atoms with Crippen LogP contribution in [0.2, 0.25) is 0 Å². The molecule has 7 heteroatoms. The summed E-state index contributed by atoms with van der Waals surface area (Å²) in [5.74, 6) is -0.0386. The van der Waals surface area contributed by atoms with Crippen molar-refractivity contribution in [3.8, 4) is 5.75 Å². The van der Waals surface area contributed by atoms with Crippen molar-refractivity contribution in [3.63, 3.8) is 0 Å². The van der Waals surface area contributed by atoms with Crippen molar-refractivity contribution in [1.82, 2.24) is 4.31 Å². The van der Waals surface area contributed by atoms with Crippen LogP contribution in [0, 0.1) is 0 Å². The summed E-state index contributed by atoms with van der Waals surface area (Å²) in [4.78, 5) is 15.3. The predicted octanol–water partition coefficient (Wildman–Crippen LogP) is 4.33. The van der Waals surface area contributed by atoms with E-state index in [2.05, 4.69) is 0 Å². The Balaban J connectivity index is 1.74. The SMILES string of the molecule is COc1ccc(C(=O)N(Cc2ccccc2)c2ccccc2)cc1S(=O)(=O)N1CCCC1. The Labute approximate surface area is 189 Å². The van der Waals surface area contributed by atoms with Gasteiger partial charge in [0.05, 0.1) is 13.7 Å². The third-order valence-electron chi connectivity index (χ3n) is 5.59. The van der Waals surface area contributed by atoms with Crippen molar-refractivity contribution in [2.75, 3.05) is 25.1 Å². The van der Waals surface area contributed by atoms with Crippen LogP contribution in [-0.2, 0) is 16.6 Å². The number of carbonyl (C=O) groups excluding carboxylic acids is 1. The highest BCUT2D eigenvalue weighted by Crippen LogP contribution is 2.31. The van der Waals surface area contributed by atoms with Crippen LogP contribution < -0.4 is 9.64 Å². The molecule has 0 bridgehead atoms. The van der Waals surface area contributed by atoms with Crippen LogP contribution >= 0.6 is 0 Å². The number of hydrogen-bond acceptors (Lipinski definition) is 4. The summed E-state index contributed by atoms with van der Waals surface area (Å²) in [6, 6.07) is 23.7. The Bertz CT molecular complexity index is 1180. The molecule has 0 aromatic heterocycles. The van der Waals surface area contributed by atoms with E-state index in [1.165, 1.54) is 17.5 Å². The highest BCUT2D eigenvalue weighted by molar-refractivity contribution is 7.89. The highest BCUT2D eigenvalue weighted by atomic mass is 32.2. The van der Waals surface area contributed by atoms with E-state index in [-0.39, 0.29) is 16.6 Å². The normalized spacial score (nSPS) is 14.3. The van der Waals surface area contributed by atoms with E-state index in [4.69, 9.17) is 4.74 Å². The molecule has 3 aromatic carbocycles. The van der Waals surface area contributed by atoms with E-state index in [1.807, 2.05) is 60.7 Å². The summed E-state index contributed by atoms with van der Waals surface area (Å²) in [6.45, 7) is 1.32. The number of carbonyl (C=O) groups is 1. The molecular formula is C25H26N2O4S. The second-order valence-corrected chi connectivity index (χ2v) is 9.60. The van der Waals surface area contributed by atoms with Gasteiger partial charge in [0.15, 0.2) is 0 Å². The number of amides is 1. The van der Waals surface area contributed by atoms with Crippen molar-refractivity contribution in [2.45, 2.75) is 24.3 Å². The standard InChI is InChI=1S/C25H26N2O4S/c1-31-23-15-14-21(18-24(23)32(29,30)26-16-8-9-17-26)25(28)27(22-12-6-3-7-13-22)19-20-10-4-2-5-11-20/h2-7,10-15,18H,8-9,16-17,19H2,1H3. The van der Waals surface area contributed by atoms with Gasteiger partial charge in [0, 0.05) is 24.3 Å². The monoisotopic (exact) mass is 450 g/mol. The van der Waals surface area contributed by atoms with Crippen LogP contribution in [0.15, 0.2) is 83.8 Å². The second-order valence-electron chi connectivity index (χ2n) is 7.69. The molecule has 0 aliphatic carbocycles. The average Bonchev–Trinajstić information content (AvgIpc) is 3.39. The quantitative estimate of drug-likeness (QED) is 0.538. The smallest absolute Gasteiger partial charge is 0.258 e. The molecule has 0 radical (unpaired) electrons. The summed E-state index contributed by atoms with van der Waals surface area (Å²) in [6.07, 6.45) is 1.66. The predicted molar refractivity (Wildman–Crippen MR) is 124 cm³/mol. The molecular weight excluding hydrogens is 424 g/mol. The first-order valence-electron chi connectivity index (χ1n) is 10.6. The van der Waals surface area contributed by atoms with Gasteiger partial charge < -0.3 is 9.64 Å². The molecule has 0 atom stereocenters. The fourth-order valence-corrected chi connectivity index (χ4v) is 5.59. The van der Waals surface area contributed by atoms with Crippen molar-refractivity contribution < 1.29 is 17.9 Å². The molecule has 0 saturated carbocycles. The molecule has 1 aliphatic rings. The van der Waals surface area contributed by atoms with Gasteiger partial charge in [-0.05, 0) is 48.7 Å². The van der Waals surface area contributed by atoms with E-state index >= 15 is 0 Å². The molecule has 1 saturated heterocycles. The van der Waals surface area contributed by atoms with Crippen molar-refractivity contribution in [3.05, 3.63) is 90.0 Å². The molecule has 0 unspecified atom stereocenters. The van der Waals surface area contributed by atoms with Crippen LogP contribution in [0.25, 0.3) is 0 Å². The molecule has 166 valence electrons. The van der Waals surface area contributed by atoms with E-state index in [9.17, 15) is 13.2 Å². The minimum Gasteiger partial charge on any atom is -0.495 e. The van der Waals surface area contributed by atoms with Gasteiger partial charge >= 0.3 is 0 Å². The number of ether oxygens (including phenoxy) is 1. The lowest BCUT2D eigenvalue weighted by Gasteiger charge is -2.24. The summed E-state index contributed by atoms with van der Waals surface area (Å²) < 4.78 is 33.3. The molecule has 0 spiro atoms. The average molecular weight is 451 g/mol. The van der Waals surface area contributed by atoms with Crippen LogP contribution in [0.4, 0.5) is 5.69 Å². The maximum Gasteiger partial charge on any atom is 0.258 e. The molecule has 1 amide bonds. The summed E-state index contributed by atoms with van der Waals surface area (Å²) in [5.41, 5.74) is 2.01. The largest absolute Gasteiger partial charge is 0.495 e. The Morgan fingerprint density at radius 3 is 2.19 bits per heavy atom. The fourth-order valence-electron chi connectivity index (χ4n) is 3.89. The van der Waals surface area contributed by atoms with Crippen LogP contribution in [0.5, 0.6) is 5.75 Å². The van der Waals surface area contributed by atoms with Gasteiger partial charge in [-0.15, -0.1) is 0 Å². The van der Waals surface area contributed by atoms with E-state index < -0.39 is 10.0 Å². The third-order valence-corrected chi connectivity index (χ3v) is 7.51. The first-order valence-corrected chi connectivity index (χ1v) is 12.0. The molecule has 32 heavy (non-hydrogen) atoms. The molecule has 1 aliphatic heterocycles. The lowest BCUT2D eigenvalue weighted by Crippen LogP contribution is -2.31. The number of rotatable bonds is 7. The lowest BCUT2D eigenvalue weighted by atomic mass is 10.1. The van der Waals surface area contributed by atoms with Crippen LogP contribution in [0.3, 0.4) is 0 Å². The summed E-state index contributed by atoms with van der Waals surface area (Å²) in [5, 5.41) is 0. The molecule has 1 heterocycles. The number of benzene rings is 3. The highest BCUT2D eigenvalue weighted by Gasteiger charge is 2.31. The third kappa shape index (κ3) is 4.54. The van der Waals surface area contributed by atoms with Crippen molar-refractivity contribution >= 4 is 21.6 Å². The first kappa shape index (κ1) is 22.0. The van der Waals surface area contributed by atoms with Gasteiger partial charge in [0.25, 0.3) is 5.91 Å². The van der Waals surface area contributed by atoms with Gasteiger partial charge in [0.1, 0.15) is 10.6 Å². The number of hydrogen-bond donors (Lipinski definition) is 0. The zero-order valence-electron chi connectivity index (χ0n) is 18.0. The van der Waals surface area contributed by atoms with Gasteiger partial charge in [-0.1, -0.05) is 48.5 Å². The van der Waals surface area contributed by atoms with Crippen molar-refractivity contribution in [2.24, 2.45) is 0 Å². The van der Waals surface area contributed by atoms with Gasteiger partial charge in [-0.3, -0.25) is 4.79 Å². The van der Waals surface area contributed by atoms with Gasteiger partial charge in [0.2, 0.25) is 10.0 Å². The summed E-state index contributed by atoms with van der Waals surface area (Å²) >= 11 is 0. The molecule has 4 rings (SSSR count). The van der Waals surface area contributed by atoms with E-state index in [1.54, 1.807) is 17.0 Å². The molecule has 0 N–H and O–H groups in total. The lowest BCUT2D eigenvalue weighted by molar-refractivity contribution is 0.0985. The van der Waals surface area contributed by atoms with Crippen molar-refractivity contribution in [1.29, 1.82) is 0 Å². The number of methoxy groups -OCH3 is 1. The molecule has 1 fully saturated rings. The van der Waals surface area contributed by atoms with Gasteiger partial charge in [-0.25, -0.2) is 8.42 Å². The van der Waals surface area contributed by atoms with Gasteiger partial charge in [-0.2, -0.15) is 4.31 Å². The summed E-state index contributed by atoms with van der Waals surface area (Å²) in [7, 11) is -2.31. The first-order chi connectivity index (χ1) is 15.5. The Kier molecular flexibility index (Phi) is 6.58. The Hall–Kier alpha value is -3.16. The fraction of sp³-hybridized carbons (Fsp3) is 0.240. The van der Waals surface area contributed by atoms with Crippen LogP contribution in [-0.4, -0.2) is 38.8 Å². The number of sulfonamides is 1. The minimum absolute atomic E-state index is 0.0282. The maximum absolute atomic E-state index is 13.6. The minimum atomic E-state index is -3.75. The number of anilines is 1. The molecule has 3 aromatic rings. The van der Waals surface area contributed by atoms with Crippen LogP contribution in [0.1, 0.15) is 28.8 Å². The topological polar surface area (TPSA) is 66.9 Å². The zero-order chi connectivity index (χ0) is 22.6. The van der Waals surface area contributed by atoms with E-state index in [0.717, 1.165) is 24.1 Å². The number of nitrogens with zero attached hydrogens (tertiary/aromatic N) is 2.